The second-order valence-corrected chi connectivity index (χ2v) is 5.63. The molecule has 0 aromatic heterocycles. The maximum Gasteiger partial charge on any atom is 0.405 e. The summed E-state index contributed by atoms with van der Waals surface area (Å²) in [4.78, 5) is 11.2. The molecule has 0 saturated heterocycles. The van der Waals surface area contributed by atoms with E-state index >= 15 is 0 Å². The summed E-state index contributed by atoms with van der Waals surface area (Å²) in [6.07, 6.45) is -4.43. The number of carbonyl (C=O) groups excluding carboxylic acids is 1. The van der Waals surface area contributed by atoms with Gasteiger partial charge in [0.05, 0.1) is 0 Å². The number of ether oxygens (including phenoxy) is 1. The van der Waals surface area contributed by atoms with Gasteiger partial charge in [-0.1, -0.05) is 40.2 Å². The number of hydrogen-bond acceptors (Lipinski definition) is 2. The van der Waals surface area contributed by atoms with Crippen LogP contribution in [0.15, 0.2) is 53.0 Å². The van der Waals surface area contributed by atoms with Crippen molar-refractivity contribution in [1.29, 1.82) is 0 Å². The van der Waals surface area contributed by atoms with E-state index in [9.17, 15) is 18.0 Å². The summed E-state index contributed by atoms with van der Waals surface area (Å²) < 4.78 is 42.0. The molecule has 0 heterocycles. The second-order valence-electron chi connectivity index (χ2n) is 4.71. The lowest BCUT2D eigenvalue weighted by atomic mass is 10.1. The zero-order chi connectivity index (χ0) is 16.9. The summed E-state index contributed by atoms with van der Waals surface area (Å²) in [6, 6.07) is 14.7. The van der Waals surface area contributed by atoms with E-state index in [1.165, 1.54) is 0 Å². The zero-order valence-corrected chi connectivity index (χ0v) is 13.4. The van der Waals surface area contributed by atoms with Crippen molar-refractivity contribution in [3.05, 3.63) is 53.0 Å². The minimum atomic E-state index is -4.43. The molecule has 3 nitrogen and oxygen atoms in total. The normalized spacial score (nSPS) is 11.1. The number of rotatable bonds is 5. The highest BCUT2D eigenvalue weighted by atomic mass is 79.9. The molecular formula is C16H13BrF3NO2. The summed E-state index contributed by atoms with van der Waals surface area (Å²) in [6.45, 7) is -1.83. The Kier molecular flexibility index (Phi) is 5.65. The molecule has 0 bridgehead atoms. The van der Waals surface area contributed by atoms with E-state index in [2.05, 4.69) is 15.9 Å². The molecule has 23 heavy (non-hydrogen) atoms. The van der Waals surface area contributed by atoms with Crippen LogP contribution in [0.25, 0.3) is 11.1 Å². The lowest BCUT2D eigenvalue weighted by molar-refractivity contribution is -0.139. The molecule has 0 fully saturated rings. The van der Waals surface area contributed by atoms with Crippen molar-refractivity contribution < 1.29 is 22.7 Å². The van der Waals surface area contributed by atoms with Crippen LogP contribution in [0.5, 0.6) is 5.75 Å². The zero-order valence-electron chi connectivity index (χ0n) is 11.9. The fourth-order valence-corrected chi connectivity index (χ4v) is 2.05. The molecule has 0 saturated carbocycles. The van der Waals surface area contributed by atoms with Crippen LogP contribution >= 0.6 is 15.9 Å². The molecule has 0 radical (unpaired) electrons. The largest absolute Gasteiger partial charge is 0.484 e. The SMILES string of the molecule is O=C(COc1ccc(-c2ccc(Br)cc2)cc1)NCC(F)(F)F. The molecule has 0 aliphatic heterocycles. The smallest absolute Gasteiger partial charge is 0.405 e. The average molecular weight is 388 g/mol. The van der Waals surface area contributed by atoms with Gasteiger partial charge in [-0.05, 0) is 35.4 Å². The van der Waals surface area contributed by atoms with E-state index in [-0.39, 0.29) is 0 Å². The molecule has 0 aliphatic carbocycles. The van der Waals surface area contributed by atoms with E-state index in [4.69, 9.17) is 4.74 Å². The maximum absolute atomic E-state index is 12.0. The lowest BCUT2D eigenvalue weighted by Crippen LogP contribution is -2.36. The predicted octanol–water partition coefficient (Wildman–Crippen LogP) is 4.17. The van der Waals surface area contributed by atoms with Crippen LogP contribution in [-0.2, 0) is 4.79 Å². The van der Waals surface area contributed by atoms with E-state index in [0.717, 1.165) is 15.6 Å². The summed E-state index contributed by atoms with van der Waals surface area (Å²) in [5.74, 6) is -0.410. The Hall–Kier alpha value is -2.02. The molecule has 0 unspecified atom stereocenters. The first kappa shape index (κ1) is 17.3. The molecule has 0 spiro atoms. The van der Waals surface area contributed by atoms with Gasteiger partial charge >= 0.3 is 6.18 Å². The van der Waals surface area contributed by atoms with Crippen molar-refractivity contribution in [3.8, 4) is 16.9 Å². The van der Waals surface area contributed by atoms with Gasteiger partial charge in [0, 0.05) is 4.47 Å². The molecule has 0 aliphatic rings. The maximum atomic E-state index is 12.0. The van der Waals surface area contributed by atoms with Crippen LogP contribution in [0.4, 0.5) is 13.2 Å². The van der Waals surface area contributed by atoms with Gasteiger partial charge in [0.2, 0.25) is 0 Å². The molecule has 1 amide bonds. The van der Waals surface area contributed by atoms with E-state index in [0.29, 0.717) is 5.75 Å². The van der Waals surface area contributed by atoms with Gasteiger partial charge in [-0.15, -0.1) is 0 Å². The van der Waals surface area contributed by atoms with Crippen LogP contribution in [0.3, 0.4) is 0 Å². The highest BCUT2D eigenvalue weighted by Crippen LogP contribution is 2.24. The fraction of sp³-hybridized carbons (Fsp3) is 0.188. The number of carbonyl (C=O) groups is 1. The van der Waals surface area contributed by atoms with Crippen molar-refractivity contribution in [2.75, 3.05) is 13.2 Å². The van der Waals surface area contributed by atoms with Crippen molar-refractivity contribution in [1.82, 2.24) is 5.32 Å². The van der Waals surface area contributed by atoms with E-state index in [1.54, 1.807) is 17.4 Å². The van der Waals surface area contributed by atoms with Crippen LogP contribution in [0.1, 0.15) is 0 Å². The van der Waals surface area contributed by atoms with Crippen molar-refractivity contribution in [2.45, 2.75) is 6.18 Å². The van der Waals surface area contributed by atoms with E-state index < -0.39 is 25.2 Å². The molecule has 1 N–H and O–H groups in total. The summed E-state index contributed by atoms with van der Waals surface area (Å²) in [7, 11) is 0. The van der Waals surface area contributed by atoms with Gasteiger partial charge < -0.3 is 10.1 Å². The predicted molar refractivity (Wildman–Crippen MR) is 84.1 cm³/mol. The van der Waals surface area contributed by atoms with Gasteiger partial charge in [-0.25, -0.2) is 0 Å². The molecule has 0 atom stereocenters. The second kappa shape index (κ2) is 7.50. The Balaban J connectivity index is 1.88. The van der Waals surface area contributed by atoms with Gasteiger partial charge in [0.15, 0.2) is 6.61 Å². The molecular weight excluding hydrogens is 375 g/mol. The number of amides is 1. The minimum absolute atomic E-state index is 0.410. The van der Waals surface area contributed by atoms with Gasteiger partial charge in [-0.3, -0.25) is 4.79 Å². The lowest BCUT2D eigenvalue weighted by Gasteiger charge is -2.10. The number of halogens is 4. The first-order valence-electron chi connectivity index (χ1n) is 6.66. The first-order chi connectivity index (χ1) is 10.8. The third-order valence-corrected chi connectivity index (χ3v) is 3.42. The quantitative estimate of drug-likeness (QED) is 0.835. The fourth-order valence-electron chi connectivity index (χ4n) is 1.78. The minimum Gasteiger partial charge on any atom is -0.484 e. The van der Waals surface area contributed by atoms with E-state index in [1.807, 2.05) is 36.4 Å². The van der Waals surface area contributed by atoms with Gasteiger partial charge in [0.25, 0.3) is 5.91 Å². The van der Waals surface area contributed by atoms with Crippen molar-refractivity contribution >= 4 is 21.8 Å². The molecule has 7 heteroatoms. The molecule has 2 rings (SSSR count). The monoisotopic (exact) mass is 387 g/mol. The number of nitrogens with one attached hydrogen (secondary N) is 1. The third kappa shape index (κ3) is 5.94. The Labute approximate surface area is 139 Å². The molecule has 122 valence electrons. The molecule has 2 aromatic rings. The van der Waals surface area contributed by atoms with Crippen LogP contribution < -0.4 is 10.1 Å². The average Bonchev–Trinajstić information content (AvgIpc) is 2.51. The first-order valence-corrected chi connectivity index (χ1v) is 7.45. The van der Waals surface area contributed by atoms with Crippen molar-refractivity contribution in [3.63, 3.8) is 0 Å². The standard InChI is InChI=1S/C16H13BrF3NO2/c17-13-5-1-11(2-6-13)12-3-7-14(8-4-12)23-9-15(22)21-10-16(18,19)20/h1-8H,9-10H2,(H,21,22). The summed E-state index contributed by atoms with van der Waals surface area (Å²) in [5, 5.41) is 1.74. The Bertz CT molecular complexity index is 655. The van der Waals surface area contributed by atoms with Crippen LogP contribution in [0, 0.1) is 0 Å². The highest BCUT2D eigenvalue weighted by molar-refractivity contribution is 9.10. The number of alkyl halides is 3. The van der Waals surface area contributed by atoms with Gasteiger partial charge in [-0.2, -0.15) is 13.2 Å². The Morgan fingerprint density at radius 3 is 2.04 bits per heavy atom. The van der Waals surface area contributed by atoms with Crippen LogP contribution in [-0.4, -0.2) is 25.2 Å². The topological polar surface area (TPSA) is 38.3 Å². The molecule has 2 aromatic carbocycles. The van der Waals surface area contributed by atoms with Crippen LogP contribution in [0.2, 0.25) is 0 Å². The summed E-state index contributed by atoms with van der Waals surface area (Å²) in [5.41, 5.74) is 1.98. The van der Waals surface area contributed by atoms with Gasteiger partial charge in [0.1, 0.15) is 12.3 Å². The van der Waals surface area contributed by atoms with Crippen molar-refractivity contribution in [2.24, 2.45) is 0 Å². The number of benzene rings is 2. The third-order valence-electron chi connectivity index (χ3n) is 2.89. The summed E-state index contributed by atoms with van der Waals surface area (Å²) >= 11 is 3.36. The Morgan fingerprint density at radius 1 is 1.00 bits per heavy atom. The Morgan fingerprint density at radius 2 is 1.52 bits per heavy atom. The number of hydrogen-bond donors (Lipinski definition) is 1. The highest BCUT2D eigenvalue weighted by Gasteiger charge is 2.27.